The fourth-order valence-electron chi connectivity index (χ4n) is 2.73. The van der Waals surface area contributed by atoms with Gasteiger partial charge >= 0.3 is 0 Å². The zero-order valence-electron chi connectivity index (χ0n) is 15.8. The third-order valence-corrected chi connectivity index (χ3v) is 4.78. The summed E-state index contributed by atoms with van der Waals surface area (Å²) in [6, 6.07) is 13.0. The zero-order valence-corrected chi connectivity index (χ0v) is 17.4. The van der Waals surface area contributed by atoms with Gasteiger partial charge in [-0.25, -0.2) is 4.68 Å². The molecule has 2 aromatic carbocycles. The molecule has 0 bridgehead atoms. The number of carbonyl (C=O) groups excluding carboxylic acids is 2. The van der Waals surface area contributed by atoms with E-state index in [1.54, 1.807) is 19.1 Å². The lowest BCUT2D eigenvalue weighted by Crippen LogP contribution is -2.21. The average molecular weight is 442 g/mol. The third kappa shape index (κ3) is 4.64. The van der Waals surface area contributed by atoms with E-state index >= 15 is 0 Å². The van der Waals surface area contributed by atoms with E-state index in [4.69, 9.17) is 0 Å². The van der Waals surface area contributed by atoms with Gasteiger partial charge in [-0.2, -0.15) is 0 Å². The second-order valence-electron chi connectivity index (χ2n) is 6.51. The summed E-state index contributed by atoms with van der Waals surface area (Å²) in [6.07, 6.45) is 0. The molecule has 7 nitrogen and oxygen atoms in total. The van der Waals surface area contributed by atoms with Gasteiger partial charge in [0, 0.05) is 15.8 Å². The standard InChI is InChI=1S/C20H20BrN5O2/c1-12-4-9-17(13(2)10-12)23-20(28)19-14(3)26(25-24-19)11-18(27)22-16-7-5-15(21)6-8-16/h4-10H,11H2,1-3H3,(H,22,27)(H,23,28). The Hall–Kier alpha value is -3.00. The maximum Gasteiger partial charge on any atom is 0.278 e. The lowest BCUT2D eigenvalue weighted by molar-refractivity contribution is -0.117. The van der Waals surface area contributed by atoms with Crippen LogP contribution in [0.2, 0.25) is 0 Å². The molecule has 3 aromatic rings. The normalized spacial score (nSPS) is 10.6. The van der Waals surface area contributed by atoms with Gasteiger partial charge in [-0.05, 0) is 56.7 Å². The van der Waals surface area contributed by atoms with Crippen molar-refractivity contribution in [3.63, 3.8) is 0 Å². The Morgan fingerprint density at radius 2 is 1.75 bits per heavy atom. The van der Waals surface area contributed by atoms with E-state index in [9.17, 15) is 9.59 Å². The van der Waals surface area contributed by atoms with Gasteiger partial charge in [0.2, 0.25) is 5.91 Å². The fraction of sp³-hybridized carbons (Fsp3) is 0.200. The van der Waals surface area contributed by atoms with E-state index in [0.717, 1.165) is 21.3 Å². The van der Waals surface area contributed by atoms with Crippen molar-refractivity contribution in [2.75, 3.05) is 10.6 Å². The van der Waals surface area contributed by atoms with Crippen LogP contribution >= 0.6 is 15.9 Å². The molecule has 1 heterocycles. The van der Waals surface area contributed by atoms with Crippen LogP contribution in [-0.4, -0.2) is 26.8 Å². The summed E-state index contributed by atoms with van der Waals surface area (Å²) in [6.45, 7) is 5.60. The van der Waals surface area contributed by atoms with Crippen molar-refractivity contribution in [2.24, 2.45) is 0 Å². The minimum Gasteiger partial charge on any atom is -0.324 e. The molecule has 1 aromatic heterocycles. The van der Waals surface area contributed by atoms with Crippen LogP contribution in [0.4, 0.5) is 11.4 Å². The maximum atomic E-state index is 12.6. The molecule has 3 rings (SSSR count). The van der Waals surface area contributed by atoms with Crippen molar-refractivity contribution in [3.8, 4) is 0 Å². The zero-order chi connectivity index (χ0) is 20.3. The molecule has 0 radical (unpaired) electrons. The lowest BCUT2D eigenvalue weighted by Gasteiger charge is -2.09. The van der Waals surface area contributed by atoms with Crippen molar-refractivity contribution in [2.45, 2.75) is 27.3 Å². The van der Waals surface area contributed by atoms with Gasteiger partial charge in [-0.1, -0.05) is 38.8 Å². The van der Waals surface area contributed by atoms with Gasteiger partial charge in [-0.15, -0.1) is 5.10 Å². The van der Waals surface area contributed by atoms with Crippen molar-refractivity contribution in [1.29, 1.82) is 0 Å². The largest absolute Gasteiger partial charge is 0.324 e. The van der Waals surface area contributed by atoms with Gasteiger partial charge in [0.05, 0.1) is 5.69 Å². The molecule has 2 amide bonds. The number of aryl methyl sites for hydroxylation is 2. The van der Waals surface area contributed by atoms with Crippen LogP contribution in [0.15, 0.2) is 46.9 Å². The molecule has 0 fully saturated rings. The predicted molar refractivity (Wildman–Crippen MR) is 111 cm³/mol. The second kappa shape index (κ2) is 8.35. The number of aromatic nitrogens is 3. The SMILES string of the molecule is Cc1ccc(NC(=O)c2nnn(CC(=O)Nc3ccc(Br)cc3)c2C)c(C)c1. The summed E-state index contributed by atoms with van der Waals surface area (Å²) in [4.78, 5) is 24.8. The van der Waals surface area contributed by atoms with E-state index < -0.39 is 0 Å². The Labute approximate surface area is 171 Å². The Balaban J connectivity index is 1.68. The number of nitrogens with zero attached hydrogens (tertiary/aromatic N) is 3. The molecular weight excluding hydrogens is 422 g/mol. The molecule has 0 unspecified atom stereocenters. The molecule has 2 N–H and O–H groups in total. The Morgan fingerprint density at radius 1 is 1.04 bits per heavy atom. The molecule has 0 aliphatic carbocycles. The molecule has 8 heteroatoms. The minimum absolute atomic E-state index is 0.0360. The van der Waals surface area contributed by atoms with Crippen LogP contribution in [0, 0.1) is 20.8 Å². The maximum absolute atomic E-state index is 12.6. The van der Waals surface area contributed by atoms with Crippen LogP contribution in [-0.2, 0) is 11.3 Å². The number of benzene rings is 2. The lowest BCUT2D eigenvalue weighted by atomic mass is 10.1. The average Bonchev–Trinajstić information content (AvgIpc) is 3.00. The van der Waals surface area contributed by atoms with Gasteiger partial charge in [0.1, 0.15) is 6.54 Å². The van der Waals surface area contributed by atoms with E-state index in [-0.39, 0.29) is 24.1 Å². The molecular formula is C20H20BrN5O2. The highest BCUT2D eigenvalue weighted by Crippen LogP contribution is 2.18. The number of amides is 2. The van der Waals surface area contributed by atoms with Gasteiger partial charge in [0.25, 0.3) is 5.91 Å². The number of rotatable bonds is 5. The third-order valence-electron chi connectivity index (χ3n) is 4.25. The molecule has 144 valence electrons. The van der Waals surface area contributed by atoms with Gasteiger partial charge in [-0.3, -0.25) is 9.59 Å². The molecule has 0 saturated carbocycles. The Kier molecular flexibility index (Phi) is 5.89. The number of nitrogens with one attached hydrogen (secondary N) is 2. The Bertz CT molecular complexity index is 1030. The topological polar surface area (TPSA) is 88.9 Å². The second-order valence-corrected chi connectivity index (χ2v) is 7.42. The van der Waals surface area contributed by atoms with Gasteiger partial charge in [0.15, 0.2) is 5.69 Å². The number of hydrogen-bond donors (Lipinski definition) is 2. The summed E-state index contributed by atoms with van der Waals surface area (Å²) < 4.78 is 2.34. The molecule has 28 heavy (non-hydrogen) atoms. The first-order chi connectivity index (χ1) is 13.3. The first kappa shape index (κ1) is 19.8. The van der Waals surface area contributed by atoms with Gasteiger partial charge < -0.3 is 10.6 Å². The molecule has 0 aliphatic rings. The summed E-state index contributed by atoms with van der Waals surface area (Å²) in [5.74, 6) is -0.610. The van der Waals surface area contributed by atoms with E-state index in [1.807, 2.05) is 44.2 Å². The van der Waals surface area contributed by atoms with Crippen LogP contribution in [0.1, 0.15) is 27.3 Å². The minimum atomic E-state index is -0.357. The van der Waals surface area contributed by atoms with Crippen LogP contribution in [0.25, 0.3) is 0 Å². The van der Waals surface area contributed by atoms with Crippen LogP contribution in [0.5, 0.6) is 0 Å². The molecule has 0 aliphatic heterocycles. The summed E-state index contributed by atoms with van der Waals surface area (Å²) in [7, 11) is 0. The van der Waals surface area contributed by atoms with Crippen molar-refractivity contribution < 1.29 is 9.59 Å². The van der Waals surface area contributed by atoms with Crippen LogP contribution in [0.3, 0.4) is 0 Å². The molecule has 0 saturated heterocycles. The number of anilines is 2. The van der Waals surface area contributed by atoms with E-state index in [1.165, 1.54) is 4.68 Å². The summed E-state index contributed by atoms with van der Waals surface area (Å²) >= 11 is 3.35. The highest BCUT2D eigenvalue weighted by atomic mass is 79.9. The monoisotopic (exact) mass is 441 g/mol. The molecule has 0 atom stereocenters. The quantitative estimate of drug-likeness (QED) is 0.628. The first-order valence-electron chi connectivity index (χ1n) is 8.67. The van der Waals surface area contributed by atoms with E-state index in [2.05, 4.69) is 36.9 Å². The van der Waals surface area contributed by atoms with Crippen LogP contribution < -0.4 is 10.6 Å². The number of carbonyl (C=O) groups is 2. The number of hydrogen-bond acceptors (Lipinski definition) is 4. The summed E-state index contributed by atoms with van der Waals surface area (Å²) in [5, 5.41) is 13.5. The van der Waals surface area contributed by atoms with Crippen molar-refractivity contribution >= 4 is 39.1 Å². The Morgan fingerprint density at radius 3 is 2.43 bits per heavy atom. The van der Waals surface area contributed by atoms with Crippen molar-refractivity contribution in [1.82, 2.24) is 15.0 Å². The fourth-order valence-corrected chi connectivity index (χ4v) is 2.99. The highest BCUT2D eigenvalue weighted by molar-refractivity contribution is 9.10. The van der Waals surface area contributed by atoms with E-state index in [0.29, 0.717) is 11.4 Å². The summed E-state index contributed by atoms with van der Waals surface area (Å²) in [5.41, 5.74) is 4.20. The van der Waals surface area contributed by atoms with Crippen molar-refractivity contribution in [3.05, 3.63) is 69.5 Å². The predicted octanol–water partition coefficient (Wildman–Crippen LogP) is 3.86. The smallest absolute Gasteiger partial charge is 0.278 e. The first-order valence-corrected chi connectivity index (χ1v) is 9.47. The number of halogens is 1. The highest BCUT2D eigenvalue weighted by Gasteiger charge is 2.18. The molecule has 0 spiro atoms.